The Hall–Kier alpha value is -2.43. The molecule has 2 saturated heterocycles. The number of piperazine rings is 2. The van der Waals surface area contributed by atoms with Crippen molar-refractivity contribution < 1.29 is 4.79 Å². The molecule has 220 valence electrons. The molecule has 1 amide bonds. The fourth-order valence-corrected chi connectivity index (χ4v) is 6.14. The highest BCUT2D eigenvalue weighted by Crippen LogP contribution is 2.25. The maximum atomic E-state index is 12.1. The maximum absolute atomic E-state index is 12.1. The van der Waals surface area contributed by atoms with Gasteiger partial charge in [0.2, 0.25) is 0 Å². The van der Waals surface area contributed by atoms with E-state index < -0.39 is 0 Å². The zero-order valence-corrected chi connectivity index (χ0v) is 25.9. The molecule has 4 heterocycles. The van der Waals surface area contributed by atoms with Gasteiger partial charge in [0.25, 0.3) is 5.91 Å². The van der Waals surface area contributed by atoms with Crippen molar-refractivity contribution >= 4 is 29.2 Å². The first-order chi connectivity index (χ1) is 19.3. The van der Waals surface area contributed by atoms with Crippen molar-refractivity contribution in [3.63, 3.8) is 0 Å². The molecule has 2 atom stereocenters. The highest BCUT2D eigenvalue weighted by atomic mass is 32.2. The minimum atomic E-state index is -0.175. The van der Waals surface area contributed by atoms with Crippen LogP contribution < -0.4 is 15.1 Å². The molecule has 40 heavy (non-hydrogen) atoms. The number of anilines is 2. The van der Waals surface area contributed by atoms with Gasteiger partial charge in [-0.1, -0.05) is 13.8 Å². The number of aromatic nitrogens is 3. The third-order valence-corrected chi connectivity index (χ3v) is 8.61. The molecule has 9 nitrogen and oxygen atoms in total. The van der Waals surface area contributed by atoms with E-state index in [-0.39, 0.29) is 11.9 Å². The predicted octanol–water partition coefficient (Wildman–Crippen LogP) is 3.79. The van der Waals surface area contributed by atoms with E-state index in [2.05, 4.69) is 73.5 Å². The second kappa shape index (κ2) is 15.0. The van der Waals surface area contributed by atoms with E-state index in [1.54, 1.807) is 6.07 Å². The van der Waals surface area contributed by atoms with Gasteiger partial charge in [-0.2, -0.15) is 0 Å². The van der Waals surface area contributed by atoms with E-state index in [9.17, 15) is 4.79 Å². The number of hydrogen-bond acceptors (Lipinski definition) is 9. The average Bonchev–Trinajstić information content (AvgIpc) is 2.97. The number of rotatable bonds is 12. The first-order valence-electron chi connectivity index (χ1n) is 14.9. The topological polar surface area (TPSA) is 80.7 Å². The van der Waals surface area contributed by atoms with Gasteiger partial charge in [-0.25, -0.2) is 0 Å². The molecule has 2 aromatic heterocycles. The first kappa shape index (κ1) is 30.5. The summed E-state index contributed by atoms with van der Waals surface area (Å²) in [4.78, 5) is 26.8. The van der Waals surface area contributed by atoms with Crippen LogP contribution in [0.5, 0.6) is 0 Å². The van der Waals surface area contributed by atoms with Crippen LogP contribution in [0.1, 0.15) is 62.6 Å². The minimum Gasteiger partial charge on any atom is -0.368 e. The zero-order valence-electron chi connectivity index (χ0n) is 25.1. The van der Waals surface area contributed by atoms with Crippen molar-refractivity contribution in [2.45, 2.75) is 52.5 Å². The van der Waals surface area contributed by atoms with Crippen molar-refractivity contribution in [3.05, 3.63) is 41.9 Å². The summed E-state index contributed by atoms with van der Waals surface area (Å²) in [5.74, 6) is 2.91. The number of pyridine rings is 1. The maximum Gasteiger partial charge on any atom is 0.271 e. The number of carbonyl (C=O) groups excluding carboxylic acids is 1. The molecule has 1 N–H and O–H groups in total. The van der Waals surface area contributed by atoms with Gasteiger partial charge in [0, 0.05) is 76.5 Å². The van der Waals surface area contributed by atoms with Crippen LogP contribution in [0.2, 0.25) is 0 Å². The number of amides is 1. The molecule has 1 unspecified atom stereocenters. The zero-order chi connectivity index (χ0) is 28.5. The molecule has 2 fully saturated rings. The Morgan fingerprint density at radius 2 is 1.57 bits per heavy atom. The Kier molecular flexibility index (Phi) is 11.4. The van der Waals surface area contributed by atoms with E-state index in [0.29, 0.717) is 17.5 Å². The lowest BCUT2D eigenvalue weighted by atomic mass is 9.95. The van der Waals surface area contributed by atoms with Crippen LogP contribution in [0.4, 0.5) is 11.5 Å². The molecule has 10 heteroatoms. The third-order valence-electron chi connectivity index (χ3n) is 7.99. The predicted molar refractivity (Wildman–Crippen MR) is 167 cm³/mol. The van der Waals surface area contributed by atoms with Crippen molar-refractivity contribution in [1.29, 1.82) is 0 Å². The lowest BCUT2D eigenvalue weighted by Gasteiger charge is -2.36. The van der Waals surface area contributed by atoms with Crippen molar-refractivity contribution in [3.8, 4) is 0 Å². The van der Waals surface area contributed by atoms with Crippen LogP contribution >= 0.6 is 11.8 Å². The second-order valence-electron chi connectivity index (χ2n) is 11.7. The average molecular weight is 569 g/mol. The number of carbonyl (C=O) groups is 1. The third kappa shape index (κ3) is 8.78. The highest BCUT2D eigenvalue weighted by Gasteiger charge is 2.21. The summed E-state index contributed by atoms with van der Waals surface area (Å²) in [6.07, 6.45) is 6.62. The monoisotopic (exact) mass is 568 g/mol. The van der Waals surface area contributed by atoms with Crippen LogP contribution in [0, 0.1) is 5.92 Å². The van der Waals surface area contributed by atoms with E-state index in [4.69, 9.17) is 4.98 Å². The van der Waals surface area contributed by atoms with Gasteiger partial charge in [0.15, 0.2) is 11.5 Å². The SMILES string of the molecule is CSCN1CCN(c2ccc(C(C)CC[C@H](C)CN3CCN(c4ccc(C(=O)NC(C)C)nn4)CC3)nc2)CC1. The standard InChI is InChI=1S/C30H48N8OS/c1-23(2)32-30(39)28-10-11-29(34-33-28)38-18-12-35(13-19-38)21-24(3)6-7-25(4)27-9-8-26(20-31-27)37-16-14-36(15-17-37)22-40-5/h8-11,20,23-25H,6-7,12-19,21-22H2,1-5H3,(H,32,39)/t24-,25?/m0/s1. The number of thioether (sulfide) groups is 1. The van der Waals surface area contributed by atoms with Crippen LogP contribution in [-0.4, -0.2) is 108 Å². The van der Waals surface area contributed by atoms with E-state index in [0.717, 1.165) is 77.0 Å². The van der Waals surface area contributed by atoms with Crippen molar-refractivity contribution in [1.82, 2.24) is 30.3 Å². The molecule has 2 aliphatic rings. The molecular formula is C30H48N8OS. The van der Waals surface area contributed by atoms with Crippen LogP contribution in [0.25, 0.3) is 0 Å². The normalized spacial score (nSPS) is 18.6. The van der Waals surface area contributed by atoms with Crippen LogP contribution in [0.3, 0.4) is 0 Å². The molecule has 2 aliphatic heterocycles. The number of nitrogens with one attached hydrogen (secondary N) is 1. The number of nitrogens with zero attached hydrogens (tertiary/aromatic N) is 7. The summed E-state index contributed by atoms with van der Waals surface area (Å²) in [5, 5.41) is 11.3. The Morgan fingerprint density at radius 3 is 2.17 bits per heavy atom. The molecular weight excluding hydrogens is 520 g/mol. The summed E-state index contributed by atoms with van der Waals surface area (Å²) in [6.45, 7) is 18.0. The Balaban J connectivity index is 1.15. The molecule has 0 aliphatic carbocycles. The molecule has 0 aromatic carbocycles. The van der Waals surface area contributed by atoms with E-state index in [1.165, 1.54) is 17.8 Å². The molecule has 2 aromatic rings. The van der Waals surface area contributed by atoms with Gasteiger partial charge < -0.3 is 15.1 Å². The first-order valence-corrected chi connectivity index (χ1v) is 16.3. The van der Waals surface area contributed by atoms with Crippen LogP contribution in [0.15, 0.2) is 30.5 Å². The molecule has 0 radical (unpaired) electrons. The van der Waals surface area contributed by atoms with E-state index >= 15 is 0 Å². The molecule has 0 bridgehead atoms. The number of hydrogen-bond donors (Lipinski definition) is 1. The largest absolute Gasteiger partial charge is 0.368 e. The molecule has 0 spiro atoms. The van der Waals surface area contributed by atoms with Gasteiger partial charge in [0.1, 0.15) is 0 Å². The fourth-order valence-electron chi connectivity index (χ4n) is 5.52. The van der Waals surface area contributed by atoms with E-state index in [1.807, 2.05) is 31.7 Å². The summed E-state index contributed by atoms with van der Waals surface area (Å²) in [6, 6.07) is 8.27. The quantitative estimate of drug-likeness (QED) is 0.411. The summed E-state index contributed by atoms with van der Waals surface area (Å²) < 4.78 is 0. The van der Waals surface area contributed by atoms with Crippen molar-refractivity contribution in [2.75, 3.05) is 80.8 Å². The Labute approximate surface area is 245 Å². The Morgan fingerprint density at radius 1 is 0.875 bits per heavy atom. The fraction of sp³-hybridized carbons (Fsp3) is 0.667. The molecule has 0 saturated carbocycles. The van der Waals surface area contributed by atoms with Gasteiger partial charge in [-0.15, -0.1) is 22.0 Å². The van der Waals surface area contributed by atoms with Crippen LogP contribution in [-0.2, 0) is 0 Å². The summed E-state index contributed by atoms with van der Waals surface area (Å²) in [5.41, 5.74) is 2.83. The Bertz CT molecular complexity index is 1030. The van der Waals surface area contributed by atoms with Gasteiger partial charge in [-0.05, 0) is 69.0 Å². The second-order valence-corrected chi connectivity index (χ2v) is 12.6. The minimum absolute atomic E-state index is 0.0807. The van der Waals surface area contributed by atoms with Gasteiger partial charge in [-0.3, -0.25) is 19.6 Å². The lowest BCUT2D eigenvalue weighted by Crippen LogP contribution is -2.48. The molecule has 4 rings (SSSR count). The smallest absolute Gasteiger partial charge is 0.271 e. The van der Waals surface area contributed by atoms with Crippen molar-refractivity contribution in [2.24, 2.45) is 5.92 Å². The summed E-state index contributed by atoms with van der Waals surface area (Å²) >= 11 is 1.90. The summed E-state index contributed by atoms with van der Waals surface area (Å²) in [7, 11) is 0. The lowest BCUT2D eigenvalue weighted by molar-refractivity contribution is 0.0937. The van der Waals surface area contributed by atoms with Gasteiger partial charge >= 0.3 is 0 Å². The van der Waals surface area contributed by atoms with Gasteiger partial charge in [0.05, 0.1) is 11.9 Å². The highest BCUT2D eigenvalue weighted by molar-refractivity contribution is 7.98.